The summed E-state index contributed by atoms with van der Waals surface area (Å²) in [6.07, 6.45) is 1.02. The van der Waals surface area contributed by atoms with Crippen LogP contribution in [0.1, 0.15) is 29.9 Å². The molecular formula is C13H15NO3. The number of hydrogen-bond donors (Lipinski definition) is 1. The van der Waals surface area contributed by atoms with E-state index in [4.69, 9.17) is 9.26 Å². The molecule has 2 rings (SSSR count). The van der Waals surface area contributed by atoms with E-state index in [0.717, 1.165) is 11.1 Å². The molecule has 0 spiro atoms. The smallest absolute Gasteiger partial charge is 0.174 e. The highest BCUT2D eigenvalue weighted by Gasteiger charge is 2.10. The second-order valence-corrected chi connectivity index (χ2v) is 3.98. The maximum Gasteiger partial charge on any atom is 0.174 e. The summed E-state index contributed by atoms with van der Waals surface area (Å²) in [5.41, 5.74) is 1.87. The fraction of sp³-hybridized carbons (Fsp3) is 0.308. The predicted molar refractivity (Wildman–Crippen MR) is 62.6 cm³/mol. The second kappa shape index (κ2) is 5.01. The van der Waals surface area contributed by atoms with Gasteiger partial charge in [-0.05, 0) is 26.0 Å². The van der Waals surface area contributed by atoms with Crippen molar-refractivity contribution >= 4 is 0 Å². The molecule has 0 amide bonds. The van der Waals surface area contributed by atoms with Crippen molar-refractivity contribution in [3.63, 3.8) is 0 Å². The number of nitrogens with zero attached hydrogens (tertiary/aromatic N) is 1. The van der Waals surface area contributed by atoms with Crippen molar-refractivity contribution in [2.45, 2.75) is 26.6 Å². The second-order valence-electron chi connectivity index (χ2n) is 3.98. The lowest BCUT2D eigenvalue weighted by Crippen LogP contribution is -2.00. The molecule has 0 aliphatic heterocycles. The average molecular weight is 233 g/mol. The first-order chi connectivity index (χ1) is 8.16. The van der Waals surface area contributed by atoms with E-state index in [9.17, 15) is 5.11 Å². The number of ether oxygens (including phenoxy) is 1. The van der Waals surface area contributed by atoms with Crippen molar-refractivity contribution in [1.82, 2.24) is 5.16 Å². The van der Waals surface area contributed by atoms with Gasteiger partial charge in [0.15, 0.2) is 5.76 Å². The standard InChI is InChI=1S/C13H15NO3/c1-9-3-4-13(12(7-9)10(2)15)16-8-11-5-6-14-17-11/h3-7,10,15H,8H2,1-2H3. The van der Waals surface area contributed by atoms with Crippen molar-refractivity contribution in [2.24, 2.45) is 0 Å². The highest BCUT2D eigenvalue weighted by Crippen LogP contribution is 2.26. The van der Waals surface area contributed by atoms with Gasteiger partial charge in [-0.25, -0.2) is 0 Å². The van der Waals surface area contributed by atoms with Crippen LogP contribution >= 0.6 is 0 Å². The van der Waals surface area contributed by atoms with Crippen molar-refractivity contribution in [3.8, 4) is 5.75 Å². The van der Waals surface area contributed by atoms with Crippen LogP contribution in [0.2, 0.25) is 0 Å². The number of benzene rings is 1. The minimum absolute atomic E-state index is 0.308. The first-order valence-electron chi connectivity index (χ1n) is 5.48. The SMILES string of the molecule is Cc1ccc(OCc2ccno2)c(C(C)O)c1. The van der Waals surface area contributed by atoms with Gasteiger partial charge >= 0.3 is 0 Å². The van der Waals surface area contributed by atoms with E-state index in [-0.39, 0.29) is 0 Å². The molecule has 17 heavy (non-hydrogen) atoms. The van der Waals surface area contributed by atoms with Crippen molar-refractivity contribution in [3.05, 3.63) is 47.3 Å². The van der Waals surface area contributed by atoms with Crippen LogP contribution in [0.15, 0.2) is 35.0 Å². The molecule has 0 bridgehead atoms. The van der Waals surface area contributed by atoms with Crippen LogP contribution in [0.5, 0.6) is 5.75 Å². The molecule has 0 aliphatic rings. The van der Waals surface area contributed by atoms with Crippen molar-refractivity contribution in [1.29, 1.82) is 0 Å². The molecule has 1 heterocycles. The van der Waals surface area contributed by atoms with Gasteiger partial charge in [-0.15, -0.1) is 0 Å². The summed E-state index contributed by atoms with van der Waals surface area (Å²) in [5.74, 6) is 1.32. The Morgan fingerprint density at radius 1 is 1.41 bits per heavy atom. The van der Waals surface area contributed by atoms with Gasteiger partial charge in [0.05, 0.1) is 12.3 Å². The van der Waals surface area contributed by atoms with E-state index in [1.807, 2.05) is 25.1 Å². The third kappa shape index (κ3) is 2.85. The third-order valence-corrected chi connectivity index (χ3v) is 2.48. The molecule has 2 aromatic rings. The minimum atomic E-state index is -0.556. The summed E-state index contributed by atoms with van der Waals surface area (Å²) in [7, 11) is 0. The number of aliphatic hydroxyl groups excluding tert-OH is 1. The van der Waals surface area contributed by atoms with Crippen LogP contribution in [0.4, 0.5) is 0 Å². The molecule has 4 heteroatoms. The predicted octanol–water partition coefficient (Wildman–Crippen LogP) is 2.62. The van der Waals surface area contributed by atoms with E-state index in [1.54, 1.807) is 19.2 Å². The lowest BCUT2D eigenvalue weighted by atomic mass is 10.1. The number of aromatic nitrogens is 1. The van der Waals surface area contributed by atoms with Crippen LogP contribution in [0.25, 0.3) is 0 Å². The number of hydrogen-bond acceptors (Lipinski definition) is 4. The quantitative estimate of drug-likeness (QED) is 0.881. The summed E-state index contributed by atoms with van der Waals surface area (Å²) in [6, 6.07) is 7.46. The minimum Gasteiger partial charge on any atom is -0.485 e. The molecule has 4 nitrogen and oxygen atoms in total. The Morgan fingerprint density at radius 2 is 2.24 bits per heavy atom. The largest absolute Gasteiger partial charge is 0.485 e. The van der Waals surface area contributed by atoms with Crippen LogP contribution in [-0.4, -0.2) is 10.3 Å². The van der Waals surface area contributed by atoms with Crippen molar-refractivity contribution < 1.29 is 14.4 Å². The zero-order valence-corrected chi connectivity index (χ0v) is 9.88. The summed E-state index contributed by atoms with van der Waals surface area (Å²) in [5, 5.41) is 13.3. The fourth-order valence-corrected chi connectivity index (χ4v) is 1.59. The topological polar surface area (TPSA) is 55.5 Å². The molecule has 0 aliphatic carbocycles. The maximum atomic E-state index is 9.67. The Hall–Kier alpha value is -1.81. The first-order valence-corrected chi connectivity index (χ1v) is 5.48. The van der Waals surface area contributed by atoms with E-state index in [0.29, 0.717) is 18.1 Å². The lowest BCUT2D eigenvalue weighted by molar-refractivity contribution is 0.186. The first kappa shape index (κ1) is 11.7. The molecule has 0 saturated carbocycles. The molecule has 0 saturated heterocycles. The maximum absolute atomic E-state index is 9.67. The number of aryl methyl sites for hydroxylation is 1. The Labute approximate surface area is 99.8 Å². The van der Waals surface area contributed by atoms with Gasteiger partial charge in [0, 0.05) is 11.6 Å². The average Bonchev–Trinajstić information content (AvgIpc) is 2.80. The van der Waals surface area contributed by atoms with Crippen LogP contribution in [-0.2, 0) is 6.61 Å². The van der Waals surface area contributed by atoms with E-state index >= 15 is 0 Å². The Balaban J connectivity index is 2.14. The molecular weight excluding hydrogens is 218 g/mol. The summed E-state index contributed by atoms with van der Waals surface area (Å²) < 4.78 is 10.5. The molecule has 0 radical (unpaired) electrons. The van der Waals surface area contributed by atoms with Gasteiger partial charge in [-0.2, -0.15) is 0 Å². The number of aliphatic hydroxyl groups is 1. The van der Waals surface area contributed by atoms with Crippen LogP contribution in [0, 0.1) is 6.92 Å². The highest BCUT2D eigenvalue weighted by molar-refractivity contribution is 5.38. The monoisotopic (exact) mass is 233 g/mol. The van der Waals surface area contributed by atoms with Crippen LogP contribution in [0.3, 0.4) is 0 Å². The van der Waals surface area contributed by atoms with E-state index in [1.165, 1.54) is 0 Å². The van der Waals surface area contributed by atoms with Gasteiger partial charge in [0.2, 0.25) is 0 Å². The van der Waals surface area contributed by atoms with E-state index < -0.39 is 6.10 Å². The van der Waals surface area contributed by atoms with Crippen LogP contribution < -0.4 is 4.74 Å². The van der Waals surface area contributed by atoms with Crippen molar-refractivity contribution in [2.75, 3.05) is 0 Å². The van der Waals surface area contributed by atoms with E-state index in [2.05, 4.69) is 5.16 Å². The molecule has 1 N–H and O–H groups in total. The third-order valence-electron chi connectivity index (χ3n) is 2.48. The molecule has 1 atom stereocenters. The summed E-state index contributed by atoms with van der Waals surface area (Å²) in [4.78, 5) is 0. The molecule has 1 aromatic carbocycles. The van der Waals surface area contributed by atoms with Gasteiger partial charge in [0.1, 0.15) is 12.4 Å². The van der Waals surface area contributed by atoms with Gasteiger partial charge in [-0.1, -0.05) is 16.8 Å². The molecule has 90 valence electrons. The fourth-order valence-electron chi connectivity index (χ4n) is 1.59. The molecule has 0 fully saturated rings. The highest BCUT2D eigenvalue weighted by atomic mass is 16.5. The Kier molecular flexibility index (Phi) is 3.44. The zero-order valence-electron chi connectivity index (χ0n) is 9.88. The van der Waals surface area contributed by atoms with Gasteiger partial charge in [-0.3, -0.25) is 0 Å². The lowest BCUT2D eigenvalue weighted by Gasteiger charge is -2.13. The Morgan fingerprint density at radius 3 is 2.88 bits per heavy atom. The summed E-state index contributed by atoms with van der Waals surface area (Å²) in [6.45, 7) is 4.00. The molecule has 1 aromatic heterocycles. The number of rotatable bonds is 4. The Bertz CT molecular complexity index is 477. The van der Waals surface area contributed by atoms with Gasteiger partial charge < -0.3 is 14.4 Å². The normalized spacial score (nSPS) is 12.4. The zero-order chi connectivity index (χ0) is 12.3. The summed E-state index contributed by atoms with van der Waals surface area (Å²) >= 11 is 0. The van der Waals surface area contributed by atoms with Gasteiger partial charge in [0.25, 0.3) is 0 Å². The molecule has 1 unspecified atom stereocenters.